The average Bonchev–Trinajstić information content (AvgIpc) is 2.16. The van der Waals surface area contributed by atoms with Crippen molar-refractivity contribution in [1.29, 1.82) is 0 Å². The third kappa shape index (κ3) is 2.57. The van der Waals surface area contributed by atoms with E-state index in [1.54, 1.807) is 4.57 Å². The first-order chi connectivity index (χ1) is 5.83. The summed E-state index contributed by atoms with van der Waals surface area (Å²) in [6.07, 6.45) is 3.22. The van der Waals surface area contributed by atoms with Crippen LogP contribution in [0.4, 0.5) is 4.79 Å². The number of alkyl carbamates (subject to hydrolysis) is 1. The predicted molar refractivity (Wildman–Crippen MR) is 42.2 cm³/mol. The molecule has 1 amide bonds. The van der Waals surface area contributed by atoms with Crippen molar-refractivity contribution in [3.63, 3.8) is 0 Å². The normalized spacial score (nSPS) is 9.08. The van der Waals surface area contributed by atoms with Crippen molar-refractivity contribution in [3.8, 4) is 0 Å². The van der Waals surface area contributed by atoms with Crippen molar-refractivity contribution in [2.24, 2.45) is 0 Å². The second kappa shape index (κ2) is 4.33. The van der Waals surface area contributed by atoms with Gasteiger partial charge in [0, 0.05) is 19.2 Å². The van der Waals surface area contributed by atoms with Crippen LogP contribution in [-0.2, 0) is 11.5 Å². The van der Waals surface area contributed by atoms with Crippen LogP contribution in [0, 0.1) is 0 Å². The highest BCUT2D eigenvalue weighted by Crippen LogP contribution is 1.79. The molecule has 12 heavy (non-hydrogen) atoms. The molecule has 4 nitrogen and oxygen atoms in total. The van der Waals surface area contributed by atoms with E-state index in [0.29, 0.717) is 0 Å². The van der Waals surface area contributed by atoms with Gasteiger partial charge in [-0.15, -0.1) is 0 Å². The zero-order chi connectivity index (χ0) is 8.81. The van der Waals surface area contributed by atoms with Crippen LogP contribution in [0.25, 0.3) is 0 Å². The minimum absolute atomic E-state index is 0.237. The second-order valence-corrected chi connectivity index (χ2v) is 2.20. The van der Waals surface area contributed by atoms with Crippen molar-refractivity contribution < 1.29 is 14.1 Å². The molecule has 0 radical (unpaired) electrons. The number of carbonyl (C=O) groups is 1. The molecule has 1 aromatic heterocycles. The fourth-order valence-corrected chi connectivity index (χ4v) is 0.726. The van der Waals surface area contributed by atoms with Crippen LogP contribution < -0.4 is 9.88 Å². The Hall–Kier alpha value is -1.58. The number of nitrogens with one attached hydrogen (secondary N) is 1. The number of carbonyl (C=O) groups excluding carboxylic acids is 1. The minimum Gasteiger partial charge on any atom is -0.388 e. The first-order valence-corrected chi connectivity index (χ1v) is 3.61. The van der Waals surface area contributed by atoms with Gasteiger partial charge in [0.05, 0.1) is 0 Å². The zero-order valence-electron chi connectivity index (χ0n) is 6.86. The Bertz CT molecular complexity index is 248. The van der Waals surface area contributed by atoms with E-state index in [-0.39, 0.29) is 6.73 Å². The Kier molecular flexibility index (Phi) is 3.07. The maximum absolute atomic E-state index is 10.6. The molecule has 0 fully saturated rings. The second-order valence-electron chi connectivity index (χ2n) is 2.20. The van der Waals surface area contributed by atoms with Gasteiger partial charge in [0.15, 0.2) is 12.4 Å². The van der Waals surface area contributed by atoms with E-state index in [4.69, 9.17) is 4.74 Å². The Balaban J connectivity index is 2.38. The van der Waals surface area contributed by atoms with Crippen LogP contribution in [0.2, 0.25) is 0 Å². The molecule has 1 heterocycles. The molecular weight excluding hydrogens is 156 g/mol. The lowest BCUT2D eigenvalue weighted by atomic mass is 10.5. The molecule has 0 unspecified atom stereocenters. The van der Waals surface area contributed by atoms with Crippen LogP contribution in [0.15, 0.2) is 30.6 Å². The number of amides is 1. The molecule has 1 N–H and O–H groups in total. The number of rotatable bonds is 2. The molecule has 0 aromatic carbocycles. The lowest BCUT2D eigenvalue weighted by molar-refractivity contribution is -0.727. The fourth-order valence-electron chi connectivity index (χ4n) is 0.726. The number of aromatic nitrogens is 1. The SMILES string of the molecule is CNC(=O)OC[n+]1ccccc1. The van der Waals surface area contributed by atoms with Gasteiger partial charge in [-0.1, -0.05) is 6.07 Å². The maximum Gasteiger partial charge on any atom is 0.411 e. The highest BCUT2D eigenvalue weighted by molar-refractivity contribution is 5.66. The summed E-state index contributed by atoms with van der Waals surface area (Å²) in [5.74, 6) is 0. The number of ether oxygens (including phenoxy) is 1. The van der Waals surface area contributed by atoms with Crippen LogP contribution in [-0.4, -0.2) is 13.1 Å². The number of hydrogen-bond donors (Lipinski definition) is 1. The van der Waals surface area contributed by atoms with Gasteiger partial charge in [0.1, 0.15) is 0 Å². The summed E-state index contributed by atoms with van der Waals surface area (Å²) in [4.78, 5) is 10.6. The Labute approximate surface area is 70.8 Å². The fraction of sp³-hybridized carbons (Fsp3) is 0.250. The van der Waals surface area contributed by atoms with Gasteiger partial charge in [-0.25, -0.2) is 4.79 Å². The van der Waals surface area contributed by atoms with Gasteiger partial charge < -0.3 is 10.1 Å². The third-order valence-electron chi connectivity index (χ3n) is 1.33. The molecule has 0 bridgehead atoms. The van der Waals surface area contributed by atoms with Gasteiger partial charge in [-0.05, 0) is 0 Å². The first kappa shape index (κ1) is 8.52. The van der Waals surface area contributed by atoms with Gasteiger partial charge in [0.2, 0.25) is 0 Å². The standard InChI is InChI=1S/C8H10N2O2/c1-9-8(11)12-7-10-5-3-2-4-6-10/h2-6H,7H2,1H3/p+1. The average molecular weight is 167 g/mol. The van der Waals surface area contributed by atoms with Crippen LogP contribution >= 0.6 is 0 Å². The number of hydrogen-bond acceptors (Lipinski definition) is 2. The van der Waals surface area contributed by atoms with Crippen molar-refractivity contribution in [3.05, 3.63) is 30.6 Å². The van der Waals surface area contributed by atoms with Crippen LogP contribution in [0.5, 0.6) is 0 Å². The number of nitrogens with zero attached hydrogens (tertiary/aromatic N) is 1. The molecule has 1 rings (SSSR count). The summed E-state index contributed by atoms with van der Waals surface area (Å²) in [5, 5.41) is 2.36. The Morgan fingerprint density at radius 3 is 2.67 bits per heavy atom. The summed E-state index contributed by atoms with van der Waals surface area (Å²) in [6.45, 7) is 0.237. The van der Waals surface area contributed by atoms with Crippen molar-refractivity contribution in [2.75, 3.05) is 7.05 Å². The van der Waals surface area contributed by atoms with Gasteiger partial charge in [0.25, 0.3) is 6.73 Å². The molecule has 0 aliphatic heterocycles. The van der Waals surface area contributed by atoms with Gasteiger partial charge in [-0.2, -0.15) is 4.57 Å². The quantitative estimate of drug-likeness (QED) is 0.643. The van der Waals surface area contributed by atoms with Crippen LogP contribution in [0.3, 0.4) is 0 Å². The molecule has 0 aliphatic carbocycles. The summed E-state index contributed by atoms with van der Waals surface area (Å²) in [5.41, 5.74) is 0. The number of pyridine rings is 1. The summed E-state index contributed by atoms with van der Waals surface area (Å²) in [6, 6.07) is 5.64. The van der Waals surface area contributed by atoms with Crippen molar-refractivity contribution in [1.82, 2.24) is 5.32 Å². The van der Waals surface area contributed by atoms with E-state index in [1.165, 1.54) is 7.05 Å². The third-order valence-corrected chi connectivity index (χ3v) is 1.33. The molecular formula is C8H11N2O2+. The van der Waals surface area contributed by atoms with Gasteiger partial charge >= 0.3 is 6.09 Å². The molecule has 0 aliphatic rings. The van der Waals surface area contributed by atoms with Crippen molar-refractivity contribution >= 4 is 6.09 Å². The summed E-state index contributed by atoms with van der Waals surface area (Å²) < 4.78 is 6.55. The zero-order valence-corrected chi connectivity index (χ0v) is 6.86. The predicted octanol–water partition coefficient (Wildman–Crippen LogP) is 0.288. The lowest BCUT2D eigenvalue weighted by Gasteiger charge is -1.98. The highest BCUT2D eigenvalue weighted by atomic mass is 16.6. The first-order valence-electron chi connectivity index (χ1n) is 3.61. The molecule has 64 valence electrons. The molecule has 0 atom stereocenters. The summed E-state index contributed by atoms with van der Waals surface area (Å²) in [7, 11) is 1.53. The van der Waals surface area contributed by atoms with E-state index >= 15 is 0 Å². The molecule has 1 aromatic rings. The van der Waals surface area contributed by atoms with E-state index < -0.39 is 6.09 Å². The molecule has 4 heteroatoms. The Morgan fingerprint density at radius 2 is 2.08 bits per heavy atom. The highest BCUT2D eigenvalue weighted by Gasteiger charge is 2.01. The monoisotopic (exact) mass is 167 g/mol. The molecule has 0 saturated heterocycles. The van der Waals surface area contributed by atoms with Crippen molar-refractivity contribution in [2.45, 2.75) is 6.73 Å². The van der Waals surface area contributed by atoms with E-state index in [2.05, 4.69) is 5.32 Å². The maximum atomic E-state index is 10.6. The van der Waals surface area contributed by atoms with Gasteiger partial charge in [-0.3, -0.25) is 0 Å². The largest absolute Gasteiger partial charge is 0.411 e. The van der Waals surface area contributed by atoms with E-state index in [0.717, 1.165) is 0 Å². The summed E-state index contributed by atoms with van der Waals surface area (Å²) >= 11 is 0. The minimum atomic E-state index is -0.425. The lowest BCUT2D eigenvalue weighted by Crippen LogP contribution is -2.36. The van der Waals surface area contributed by atoms with E-state index in [9.17, 15) is 4.79 Å². The smallest absolute Gasteiger partial charge is 0.388 e. The topological polar surface area (TPSA) is 42.2 Å². The molecule has 0 saturated carbocycles. The van der Waals surface area contributed by atoms with Crippen LogP contribution in [0.1, 0.15) is 0 Å². The van der Waals surface area contributed by atoms with E-state index in [1.807, 2.05) is 30.6 Å². The molecule has 0 spiro atoms. The Morgan fingerprint density at radius 1 is 1.42 bits per heavy atom.